The number of carbonyl (C=O) groups is 1. The number of ether oxygens (including phenoxy) is 1. The maximum Gasteiger partial charge on any atom is 0.338 e. The van der Waals surface area contributed by atoms with E-state index in [1.165, 1.54) is 44.9 Å². The van der Waals surface area contributed by atoms with E-state index in [0.29, 0.717) is 5.56 Å². The Kier molecular flexibility index (Phi) is 12.8. The Labute approximate surface area is 162 Å². The van der Waals surface area contributed by atoms with Gasteiger partial charge in [-0.1, -0.05) is 93.6 Å². The highest BCUT2D eigenvalue weighted by Crippen LogP contribution is 2.18. The Morgan fingerprint density at radius 1 is 0.920 bits per heavy atom. The molecule has 1 aromatic carbocycles. The molecule has 0 aliphatic rings. The standard InChI is InChI=1S/C22H35BrO2/c1-3-5-7-8-9-10-11-12-17-21(16-6-4-2)25-22(24)19-14-13-15-20(23)18-19/h13-15,18,21H,3-12,16-17H2,1-2H3. The van der Waals surface area contributed by atoms with E-state index in [2.05, 4.69) is 29.8 Å². The minimum Gasteiger partial charge on any atom is -0.459 e. The molecule has 0 spiro atoms. The molecule has 0 bridgehead atoms. The van der Waals surface area contributed by atoms with E-state index in [0.717, 1.165) is 36.6 Å². The lowest BCUT2D eigenvalue weighted by Gasteiger charge is -2.18. The minimum absolute atomic E-state index is 0.0616. The van der Waals surface area contributed by atoms with Crippen molar-refractivity contribution in [3.8, 4) is 0 Å². The molecule has 0 amide bonds. The Bertz CT molecular complexity index is 473. The van der Waals surface area contributed by atoms with Gasteiger partial charge >= 0.3 is 5.97 Å². The van der Waals surface area contributed by atoms with E-state index < -0.39 is 0 Å². The molecule has 0 saturated carbocycles. The second-order valence-corrected chi connectivity index (χ2v) is 7.86. The molecule has 1 atom stereocenters. The number of hydrogen-bond acceptors (Lipinski definition) is 2. The van der Waals surface area contributed by atoms with Crippen molar-refractivity contribution < 1.29 is 9.53 Å². The second-order valence-electron chi connectivity index (χ2n) is 6.94. The zero-order chi connectivity index (χ0) is 18.3. The molecular weight excluding hydrogens is 376 g/mol. The van der Waals surface area contributed by atoms with Crippen LogP contribution in [-0.2, 0) is 4.74 Å². The van der Waals surface area contributed by atoms with Gasteiger partial charge in [0.05, 0.1) is 5.56 Å². The highest BCUT2D eigenvalue weighted by Gasteiger charge is 2.15. The smallest absolute Gasteiger partial charge is 0.338 e. The molecular formula is C22H35BrO2. The van der Waals surface area contributed by atoms with Gasteiger partial charge in [0, 0.05) is 4.47 Å². The van der Waals surface area contributed by atoms with Crippen molar-refractivity contribution in [2.45, 2.75) is 97.0 Å². The van der Waals surface area contributed by atoms with Gasteiger partial charge in [0.15, 0.2) is 0 Å². The summed E-state index contributed by atoms with van der Waals surface area (Å²) in [6, 6.07) is 7.45. The van der Waals surface area contributed by atoms with Crippen LogP contribution in [0.3, 0.4) is 0 Å². The lowest BCUT2D eigenvalue weighted by molar-refractivity contribution is 0.0250. The average Bonchev–Trinajstić information content (AvgIpc) is 2.61. The van der Waals surface area contributed by atoms with E-state index >= 15 is 0 Å². The van der Waals surface area contributed by atoms with Crippen molar-refractivity contribution in [1.82, 2.24) is 0 Å². The number of benzene rings is 1. The molecule has 0 saturated heterocycles. The first-order valence-corrected chi connectivity index (χ1v) is 10.9. The SMILES string of the molecule is CCCCCCCCCCC(CCCC)OC(=O)c1cccc(Br)c1. The maximum absolute atomic E-state index is 12.4. The quantitative estimate of drug-likeness (QED) is 0.232. The first kappa shape index (κ1) is 22.2. The lowest BCUT2D eigenvalue weighted by Crippen LogP contribution is -2.18. The molecule has 0 aliphatic heterocycles. The summed E-state index contributed by atoms with van der Waals surface area (Å²) < 4.78 is 6.71. The molecule has 0 fully saturated rings. The fourth-order valence-electron chi connectivity index (χ4n) is 3.03. The highest BCUT2D eigenvalue weighted by molar-refractivity contribution is 9.10. The van der Waals surface area contributed by atoms with E-state index in [-0.39, 0.29) is 12.1 Å². The average molecular weight is 411 g/mol. The normalized spacial score (nSPS) is 12.1. The molecule has 0 radical (unpaired) electrons. The maximum atomic E-state index is 12.4. The van der Waals surface area contributed by atoms with Crippen LogP contribution in [0.15, 0.2) is 28.7 Å². The van der Waals surface area contributed by atoms with Gasteiger partial charge in [-0.15, -0.1) is 0 Å². The minimum atomic E-state index is -0.193. The van der Waals surface area contributed by atoms with Crippen molar-refractivity contribution in [3.63, 3.8) is 0 Å². The fourth-order valence-corrected chi connectivity index (χ4v) is 3.43. The fraction of sp³-hybridized carbons (Fsp3) is 0.682. The first-order valence-electron chi connectivity index (χ1n) is 10.1. The topological polar surface area (TPSA) is 26.3 Å². The molecule has 1 rings (SSSR count). The van der Waals surface area contributed by atoms with E-state index in [1.807, 2.05) is 24.3 Å². The van der Waals surface area contributed by atoms with Crippen LogP contribution in [0.5, 0.6) is 0 Å². The second kappa shape index (κ2) is 14.4. The summed E-state index contributed by atoms with van der Waals surface area (Å²) in [4.78, 5) is 12.4. The third-order valence-electron chi connectivity index (χ3n) is 4.59. The molecule has 1 aromatic rings. The largest absolute Gasteiger partial charge is 0.459 e. The van der Waals surface area contributed by atoms with Crippen molar-refractivity contribution in [1.29, 1.82) is 0 Å². The van der Waals surface area contributed by atoms with Crippen molar-refractivity contribution >= 4 is 21.9 Å². The van der Waals surface area contributed by atoms with Crippen molar-refractivity contribution in [3.05, 3.63) is 34.3 Å². The van der Waals surface area contributed by atoms with Gasteiger partial charge in [0.2, 0.25) is 0 Å². The van der Waals surface area contributed by atoms with Crippen LogP contribution in [0.4, 0.5) is 0 Å². The molecule has 0 aliphatic carbocycles. The summed E-state index contributed by atoms with van der Waals surface area (Å²) >= 11 is 3.41. The molecule has 25 heavy (non-hydrogen) atoms. The van der Waals surface area contributed by atoms with E-state index in [4.69, 9.17) is 4.74 Å². The van der Waals surface area contributed by atoms with Crippen LogP contribution in [0.1, 0.15) is 101 Å². The van der Waals surface area contributed by atoms with Gasteiger partial charge in [-0.25, -0.2) is 4.79 Å². The van der Waals surface area contributed by atoms with Crippen LogP contribution >= 0.6 is 15.9 Å². The zero-order valence-electron chi connectivity index (χ0n) is 16.1. The lowest BCUT2D eigenvalue weighted by atomic mass is 10.0. The Balaban J connectivity index is 2.32. The molecule has 3 heteroatoms. The third-order valence-corrected chi connectivity index (χ3v) is 5.09. The summed E-state index contributed by atoms with van der Waals surface area (Å²) in [6.07, 6.45) is 14.8. The molecule has 0 aromatic heterocycles. The zero-order valence-corrected chi connectivity index (χ0v) is 17.7. The van der Waals surface area contributed by atoms with Gasteiger partial charge in [-0.05, 0) is 37.5 Å². The summed E-state index contributed by atoms with van der Waals surface area (Å²) in [7, 11) is 0. The Morgan fingerprint density at radius 3 is 2.16 bits per heavy atom. The van der Waals surface area contributed by atoms with Gasteiger partial charge in [0.1, 0.15) is 6.10 Å². The van der Waals surface area contributed by atoms with E-state index in [1.54, 1.807) is 0 Å². The van der Waals surface area contributed by atoms with Crippen LogP contribution in [-0.4, -0.2) is 12.1 Å². The van der Waals surface area contributed by atoms with Gasteiger partial charge in [-0.2, -0.15) is 0 Å². The number of rotatable bonds is 14. The number of carbonyl (C=O) groups excluding carboxylic acids is 1. The van der Waals surface area contributed by atoms with Crippen molar-refractivity contribution in [2.75, 3.05) is 0 Å². The van der Waals surface area contributed by atoms with Crippen LogP contribution in [0.2, 0.25) is 0 Å². The van der Waals surface area contributed by atoms with Gasteiger partial charge in [-0.3, -0.25) is 0 Å². The highest BCUT2D eigenvalue weighted by atomic mass is 79.9. The molecule has 0 N–H and O–H groups in total. The van der Waals surface area contributed by atoms with Crippen molar-refractivity contribution in [2.24, 2.45) is 0 Å². The summed E-state index contributed by atoms with van der Waals surface area (Å²) in [5, 5.41) is 0. The number of esters is 1. The molecule has 1 unspecified atom stereocenters. The predicted octanol–water partition coefficient (Wildman–Crippen LogP) is 7.70. The Morgan fingerprint density at radius 2 is 1.52 bits per heavy atom. The van der Waals surface area contributed by atoms with E-state index in [9.17, 15) is 4.79 Å². The number of hydrogen-bond donors (Lipinski definition) is 0. The molecule has 142 valence electrons. The number of halogens is 1. The third kappa shape index (κ3) is 10.7. The predicted molar refractivity (Wildman–Crippen MR) is 110 cm³/mol. The van der Waals surface area contributed by atoms with Crippen LogP contribution in [0, 0.1) is 0 Å². The van der Waals surface area contributed by atoms with Crippen LogP contribution < -0.4 is 0 Å². The summed E-state index contributed by atoms with van der Waals surface area (Å²) in [5.41, 5.74) is 0.631. The first-order chi connectivity index (χ1) is 12.2. The monoisotopic (exact) mass is 410 g/mol. The summed E-state index contributed by atoms with van der Waals surface area (Å²) in [5.74, 6) is -0.193. The van der Waals surface area contributed by atoms with Gasteiger partial charge < -0.3 is 4.74 Å². The number of unbranched alkanes of at least 4 members (excludes halogenated alkanes) is 8. The molecule has 0 heterocycles. The summed E-state index contributed by atoms with van der Waals surface area (Å²) in [6.45, 7) is 4.44. The van der Waals surface area contributed by atoms with Gasteiger partial charge in [0.25, 0.3) is 0 Å². The molecule has 2 nitrogen and oxygen atoms in total. The Hall–Kier alpha value is -0.830. The van der Waals surface area contributed by atoms with Crippen LogP contribution in [0.25, 0.3) is 0 Å².